The van der Waals surface area contributed by atoms with Gasteiger partial charge < -0.3 is 5.11 Å². The molecular formula is C9H12O. The Morgan fingerprint density at radius 3 is 3.10 bits per heavy atom. The highest BCUT2D eigenvalue weighted by molar-refractivity contribution is 5.29. The van der Waals surface area contributed by atoms with Gasteiger partial charge in [0, 0.05) is 0 Å². The summed E-state index contributed by atoms with van der Waals surface area (Å²) in [6.45, 7) is 2.23. The molecule has 0 spiro atoms. The van der Waals surface area contributed by atoms with E-state index < -0.39 is 0 Å². The molecule has 1 N–H and O–H groups in total. The third kappa shape index (κ3) is 1.85. The van der Waals surface area contributed by atoms with E-state index in [0.29, 0.717) is 0 Å². The molecule has 1 nitrogen and oxygen atoms in total. The highest BCUT2D eigenvalue weighted by atomic mass is 16.3. The molecule has 1 rings (SSSR count). The number of rotatable bonds is 1. The first-order valence-corrected chi connectivity index (χ1v) is 3.46. The van der Waals surface area contributed by atoms with Crippen LogP contribution >= 0.6 is 0 Å². The van der Waals surface area contributed by atoms with Gasteiger partial charge in [0.05, 0.1) is 6.61 Å². The Bertz CT molecular complexity index is 197. The first-order chi connectivity index (χ1) is 4.83. The number of hydrogen-bond acceptors (Lipinski definition) is 1. The van der Waals surface area contributed by atoms with Gasteiger partial charge in [0.1, 0.15) is 0 Å². The average Bonchev–Trinajstić information content (AvgIpc) is 2.14. The smallest absolute Gasteiger partial charge is 0.0678 e. The first-order valence-electron chi connectivity index (χ1n) is 3.46. The van der Waals surface area contributed by atoms with Gasteiger partial charge in [-0.1, -0.05) is 29.9 Å². The number of aliphatic hydroxyl groups excluding tert-OH is 1. The minimum absolute atomic E-state index is 0.150. The van der Waals surface area contributed by atoms with E-state index in [1.807, 2.05) is 12.2 Å². The van der Waals surface area contributed by atoms with Gasteiger partial charge in [0.2, 0.25) is 0 Å². The van der Waals surface area contributed by atoms with Gasteiger partial charge in [-0.15, -0.1) is 0 Å². The lowest BCUT2D eigenvalue weighted by molar-refractivity contribution is 0.334. The standard InChI is InChI=1S/C9H12O/c1-8-3-2-4-9(7-10)6-5-8/h2-4,6,10H,5,7H2,1H3. The zero-order chi connectivity index (χ0) is 7.40. The van der Waals surface area contributed by atoms with Crippen LogP contribution < -0.4 is 0 Å². The van der Waals surface area contributed by atoms with Crippen molar-refractivity contribution >= 4 is 0 Å². The van der Waals surface area contributed by atoms with Crippen molar-refractivity contribution < 1.29 is 5.11 Å². The maximum Gasteiger partial charge on any atom is 0.0678 e. The van der Waals surface area contributed by atoms with Crippen LogP contribution in [0.1, 0.15) is 13.3 Å². The van der Waals surface area contributed by atoms with Crippen LogP contribution in [0.4, 0.5) is 0 Å². The molecule has 0 saturated carbocycles. The van der Waals surface area contributed by atoms with E-state index in [2.05, 4.69) is 19.1 Å². The van der Waals surface area contributed by atoms with Crippen LogP contribution in [0.3, 0.4) is 0 Å². The van der Waals surface area contributed by atoms with Crippen molar-refractivity contribution in [1.29, 1.82) is 0 Å². The molecule has 0 radical (unpaired) electrons. The monoisotopic (exact) mass is 136 g/mol. The van der Waals surface area contributed by atoms with Crippen LogP contribution in [0, 0.1) is 0 Å². The van der Waals surface area contributed by atoms with E-state index in [1.54, 1.807) is 0 Å². The van der Waals surface area contributed by atoms with E-state index in [1.165, 1.54) is 5.57 Å². The predicted molar refractivity (Wildman–Crippen MR) is 42.7 cm³/mol. The predicted octanol–water partition coefficient (Wildman–Crippen LogP) is 1.81. The molecule has 0 aromatic heterocycles. The third-order valence-corrected chi connectivity index (χ3v) is 1.56. The van der Waals surface area contributed by atoms with Crippen molar-refractivity contribution in [3.63, 3.8) is 0 Å². The molecule has 0 saturated heterocycles. The maximum absolute atomic E-state index is 8.76. The molecule has 1 aliphatic carbocycles. The van der Waals surface area contributed by atoms with Crippen molar-refractivity contribution in [2.24, 2.45) is 0 Å². The highest BCUT2D eigenvalue weighted by Gasteiger charge is 1.93. The molecule has 0 aliphatic heterocycles. The quantitative estimate of drug-likeness (QED) is 0.583. The molecule has 0 atom stereocenters. The van der Waals surface area contributed by atoms with Gasteiger partial charge in [-0.2, -0.15) is 0 Å². The molecule has 54 valence electrons. The highest BCUT2D eigenvalue weighted by Crippen LogP contribution is 2.09. The molecule has 1 heteroatoms. The first kappa shape index (κ1) is 7.29. The Morgan fingerprint density at radius 1 is 1.60 bits per heavy atom. The molecule has 0 aromatic carbocycles. The van der Waals surface area contributed by atoms with Crippen LogP contribution in [0.5, 0.6) is 0 Å². The number of aliphatic hydroxyl groups is 1. The molecule has 1 aliphatic rings. The van der Waals surface area contributed by atoms with E-state index in [4.69, 9.17) is 5.11 Å². The Balaban J connectivity index is 2.69. The lowest BCUT2D eigenvalue weighted by Gasteiger charge is -1.92. The van der Waals surface area contributed by atoms with Crippen molar-refractivity contribution in [2.45, 2.75) is 13.3 Å². The summed E-state index contributed by atoms with van der Waals surface area (Å²) in [6, 6.07) is 0. The second kappa shape index (κ2) is 3.37. The van der Waals surface area contributed by atoms with E-state index >= 15 is 0 Å². The van der Waals surface area contributed by atoms with Crippen LogP contribution in [0.15, 0.2) is 35.5 Å². The molecule has 0 amide bonds. The summed E-state index contributed by atoms with van der Waals surface area (Å²) in [5.74, 6) is 0. The van der Waals surface area contributed by atoms with Crippen molar-refractivity contribution in [2.75, 3.05) is 6.61 Å². The zero-order valence-corrected chi connectivity index (χ0v) is 6.17. The number of hydrogen-bond donors (Lipinski definition) is 1. The maximum atomic E-state index is 8.76. The van der Waals surface area contributed by atoms with Gasteiger partial charge in [0.15, 0.2) is 0 Å². The van der Waals surface area contributed by atoms with Crippen molar-refractivity contribution in [3.8, 4) is 0 Å². The second-order valence-corrected chi connectivity index (χ2v) is 2.51. The molecule has 0 unspecified atom stereocenters. The minimum atomic E-state index is 0.150. The van der Waals surface area contributed by atoms with Crippen LogP contribution in [-0.4, -0.2) is 11.7 Å². The van der Waals surface area contributed by atoms with Gasteiger partial charge in [-0.25, -0.2) is 0 Å². The van der Waals surface area contributed by atoms with Gasteiger partial charge in [0.25, 0.3) is 0 Å². The van der Waals surface area contributed by atoms with Gasteiger partial charge >= 0.3 is 0 Å². The van der Waals surface area contributed by atoms with Crippen LogP contribution in [0.2, 0.25) is 0 Å². The Morgan fingerprint density at radius 2 is 2.40 bits per heavy atom. The van der Waals surface area contributed by atoms with Crippen molar-refractivity contribution in [3.05, 3.63) is 35.5 Å². The fourth-order valence-corrected chi connectivity index (χ4v) is 0.881. The minimum Gasteiger partial charge on any atom is -0.392 e. The van der Waals surface area contributed by atoms with Crippen molar-refractivity contribution in [1.82, 2.24) is 0 Å². The van der Waals surface area contributed by atoms with E-state index in [-0.39, 0.29) is 6.61 Å². The summed E-state index contributed by atoms with van der Waals surface area (Å²) in [5.41, 5.74) is 2.34. The molecule has 0 heterocycles. The number of allylic oxidation sites excluding steroid dienone is 4. The summed E-state index contributed by atoms with van der Waals surface area (Å²) < 4.78 is 0. The normalized spacial score (nSPS) is 17.8. The fraction of sp³-hybridized carbons (Fsp3) is 0.333. The van der Waals surface area contributed by atoms with Crippen LogP contribution in [-0.2, 0) is 0 Å². The SMILES string of the molecule is CC1=CC=CC(CO)=CC1. The van der Waals surface area contributed by atoms with Crippen LogP contribution in [0.25, 0.3) is 0 Å². The largest absolute Gasteiger partial charge is 0.392 e. The summed E-state index contributed by atoms with van der Waals surface area (Å²) in [6.07, 6.45) is 9.00. The average molecular weight is 136 g/mol. The Hall–Kier alpha value is -0.820. The molecule has 10 heavy (non-hydrogen) atoms. The summed E-state index contributed by atoms with van der Waals surface area (Å²) >= 11 is 0. The third-order valence-electron chi connectivity index (χ3n) is 1.56. The molecule has 0 fully saturated rings. The molecular weight excluding hydrogens is 124 g/mol. The lowest BCUT2D eigenvalue weighted by Crippen LogP contribution is -1.84. The lowest BCUT2D eigenvalue weighted by atomic mass is 10.2. The van der Waals surface area contributed by atoms with Gasteiger partial charge in [-0.05, 0) is 18.9 Å². The summed E-state index contributed by atoms with van der Waals surface area (Å²) in [5, 5.41) is 8.76. The molecule has 0 aromatic rings. The Kier molecular flexibility index (Phi) is 2.46. The van der Waals surface area contributed by atoms with Gasteiger partial charge in [-0.3, -0.25) is 0 Å². The zero-order valence-electron chi connectivity index (χ0n) is 6.17. The summed E-state index contributed by atoms with van der Waals surface area (Å²) in [7, 11) is 0. The van der Waals surface area contributed by atoms with E-state index in [0.717, 1.165) is 12.0 Å². The molecule has 0 bridgehead atoms. The Labute approximate surface area is 61.4 Å². The van der Waals surface area contributed by atoms with E-state index in [9.17, 15) is 0 Å². The summed E-state index contributed by atoms with van der Waals surface area (Å²) in [4.78, 5) is 0. The second-order valence-electron chi connectivity index (χ2n) is 2.51. The topological polar surface area (TPSA) is 20.2 Å². The fourth-order valence-electron chi connectivity index (χ4n) is 0.881.